The number of hydrogen-bond donors (Lipinski definition) is 0. The van der Waals surface area contributed by atoms with Crippen LogP contribution in [0.15, 0.2) is 12.5 Å². The highest BCUT2D eigenvalue weighted by atomic mass is 15.2. The maximum absolute atomic E-state index is 4.17. The Balaban J connectivity index is 1.83. The van der Waals surface area contributed by atoms with Crippen LogP contribution in [-0.4, -0.2) is 27.5 Å². The summed E-state index contributed by atoms with van der Waals surface area (Å²) in [5.41, 5.74) is 1.32. The van der Waals surface area contributed by atoms with E-state index in [1.165, 1.54) is 31.6 Å². The Hall–Kier alpha value is -0.830. The highest BCUT2D eigenvalue weighted by Crippen LogP contribution is 2.24. The minimum atomic E-state index is 0.835. The van der Waals surface area contributed by atoms with E-state index in [1.807, 2.05) is 12.5 Å². The van der Waals surface area contributed by atoms with Gasteiger partial charge in [-0.3, -0.25) is 4.90 Å². The third-order valence-electron chi connectivity index (χ3n) is 3.48. The molecule has 1 aromatic rings. The summed E-state index contributed by atoms with van der Waals surface area (Å²) >= 11 is 0. The van der Waals surface area contributed by atoms with Gasteiger partial charge in [0.15, 0.2) is 0 Å². The van der Waals surface area contributed by atoms with Gasteiger partial charge in [-0.25, -0.2) is 4.98 Å². The van der Waals surface area contributed by atoms with Crippen molar-refractivity contribution in [2.45, 2.75) is 33.2 Å². The molecule has 3 heteroatoms. The van der Waals surface area contributed by atoms with Crippen LogP contribution in [0.3, 0.4) is 0 Å². The lowest BCUT2D eigenvalue weighted by Crippen LogP contribution is -2.21. The third kappa shape index (κ3) is 2.85. The highest BCUT2D eigenvalue weighted by Gasteiger charge is 2.23. The predicted molar refractivity (Wildman–Crippen MR) is 66.0 cm³/mol. The summed E-state index contributed by atoms with van der Waals surface area (Å²) in [4.78, 5) is 6.73. The molecule has 0 saturated carbocycles. The van der Waals surface area contributed by atoms with Crippen molar-refractivity contribution >= 4 is 0 Å². The van der Waals surface area contributed by atoms with E-state index in [4.69, 9.17) is 0 Å². The Morgan fingerprint density at radius 1 is 1.50 bits per heavy atom. The van der Waals surface area contributed by atoms with Crippen molar-refractivity contribution in [3.63, 3.8) is 0 Å². The van der Waals surface area contributed by atoms with Crippen LogP contribution in [-0.2, 0) is 13.6 Å². The Bertz CT molecular complexity index is 330. The van der Waals surface area contributed by atoms with E-state index in [0.717, 1.165) is 18.4 Å². The first-order valence-corrected chi connectivity index (χ1v) is 6.32. The van der Waals surface area contributed by atoms with Gasteiger partial charge in [0, 0.05) is 26.3 Å². The molecule has 1 saturated heterocycles. The van der Waals surface area contributed by atoms with E-state index >= 15 is 0 Å². The first-order valence-electron chi connectivity index (χ1n) is 6.32. The molecule has 0 bridgehead atoms. The van der Waals surface area contributed by atoms with Gasteiger partial charge in [0.1, 0.15) is 0 Å². The minimum absolute atomic E-state index is 0.835. The van der Waals surface area contributed by atoms with Gasteiger partial charge in [-0.2, -0.15) is 0 Å². The maximum atomic E-state index is 4.17. The highest BCUT2D eigenvalue weighted by molar-refractivity contribution is 4.98. The van der Waals surface area contributed by atoms with Crippen molar-refractivity contribution in [2.24, 2.45) is 18.9 Å². The molecule has 1 aliphatic rings. The average Bonchev–Trinajstić information content (AvgIpc) is 2.77. The summed E-state index contributed by atoms with van der Waals surface area (Å²) in [6.45, 7) is 8.23. The van der Waals surface area contributed by atoms with Crippen molar-refractivity contribution in [3.8, 4) is 0 Å². The Labute approximate surface area is 98.5 Å². The summed E-state index contributed by atoms with van der Waals surface area (Å²) < 4.78 is 2.12. The molecule has 2 rings (SSSR count). The molecule has 0 amide bonds. The van der Waals surface area contributed by atoms with Gasteiger partial charge in [0.05, 0.1) is 12.0 Å². The van der Waals surface area contributed by atoms with Gasteiger partial charge in [-0.1, -0.05) is 13.8 Å². The molecule has 3 nitrogen and oxygen atoms in total. The van der Waals surface area contributed by atoms with Crippen molar-refractivity contribution in [3.05, 3.63) is 18.2 Å². The summed E-state index contributed by atoms with van der Waals surface area (Å²) in [7, 11) is 2.07. The molecule has 1 fully saturated rings. The summed E-state index contributed by atoms with van der Waals surface area (Å²) in [5.74, 6) is 1.75. The van der Waals surface area contributed by atoms with E-state index in [-0.39, 0.29) is 0 Å². The first kappa shape index (κ1) is 11.6. The van der Waals surface area contributed by atoms with Crippen LogP contribution < -0.4 is 0 Å². The van der Waals surface area contributed by atoms with E-state index < -0.39 is 0 Å². The van der Waals surface area contributed by atoms with Crippen molar-refractivity contribution in [1.82, 2.24) is 14.5 Å². The molecule has 0 N–H and O–H groups in total. The topological polar surface area (TPSA) is 21.1 Å². The number of aromatic nitrogens is 2. The molecule has 1 atom stereocenters. The van der Waals surface area contributed by atoms with Crippen molar-refractivity contribution in [2.75, 3.05) is 13.1 Å². The second kappa shape index (κ2) is 5.00. The smallest absolute Gasteiger partial charge is 0.0945 e. The van der Waals surface area contributed by atoms with Gasteiger partial charge in [0.25, 0.3) is 0 Å². The fraction of sp³-hybridized carbons (Fsp3) is 0.769. The van der Waals surface area contributed by atoms with Crippen molar-refractivity contribution < 1.29 is 0 Å². The van der Waals surface area contributed by atoms with Crippen LogP contribution in [0.25, 0.3) is 0 Å². The van der Waals surface area contributed by atoms with Gasteiger partial charge >= 0.3 is 0 Å². The Kier molecular flexibility index (Phi) is 3.64. The van der Waals surface area contributed by atoms with Crippen LogP contribution in [0.4, 0.5) is 0 Å². The van der Waals surface area contributed by atoms with Gasteiger partial charge < -0.3 is 4.57 Å². The van der Waals surface area contributed by atoms with Gasteiger partial charge in [0.2, 0.25) is 0 Å². The second-order valence-corrected chi connectivity index (χ2v) is 5.52. The molecule has 0 radical (unpaired) electrons. The molecule has 90 valence electrons. The lowest BCUT2D eigenvalue weighted by Gasteiger charge is -2.16. The van der Waals surface area contributed by atoms with E-state index in [0.29, 0.717) is 0 Å². The minimum Gasteiger partial charge on any atom is -0.337 e. The van der Waals surface area contributed by atoms with Crippen LogP contribution in [0, 0.1) is 11.8 Å². The lowest BCUT2D eigenvalue weighted by atomic mass is 9.97. The molecule has 0 aliphatic carbocycles. The fourth-order valence-electron chi connectivity index (χ4n) is 2.68. The SMILES string of the molecule is CC(C)C[C@H]1CCN(Cc2cncn2C)C1. The zero-order valence-corrected chi connectivity index (χ0v) is 10.7. The average molecular weight is 221 g/mol. The number of hydrogen-bond acceptors (Lipinski definition) is 2. The standard InChI is InChI=1S/C13H23N3/c1-11(2)6-12-4-5-16(8-12)9-13-7-14-10-15(13)3/h7,10-12H,4-6,8-9H2,1-3H3/t12-/m1/s1. The molecule has 16 heavy (non-hydrogen) atoms. The molecular formula is C13H23N3. The number of rotatable bonds is 4. The fourth-order valence-corrected chi connectivity index (χ4v) is 2.68. The van der Waals surface area contributed by atoms with Gasteiger partial charge in [-0.15, -0.1) is 0 Å². The predicted octanol–water partition coefficient (Wildman–Crippen LogP) is 2.29. The number of nitrogens with zero attached hydrogens (tertiary/aromatic N) is 3. The molecule has 2 heterocycles. The molecule has 0 unspecified atom stereocenters. The van der Waals surface area contributed by atoms with Crippen LogP contribution in [0.5, 0.6) is 0 Å². The summed E-state index contributed by atoms with van der Waals surface area (Å²) in [6, 6.07) is 0. The van der Waals surface area contributed by atoms with Crippen molar-refractivity contribution in [1.29, 1.82) is 0 Å². The summed E-state index contributed by atoms with van der Waals surface area (Å²) in [6.07, 6.45) is 6.62. The third-order valence-corrected chi connectivity index (χ3v) is 3.48. The van der Waals surface area contributed by atoms with Crippen LogP contribution in [0.2, 0.25) is 0 Å². The zero-order chi connectivity index (χ0) is 11.5. The zero-order valence-electron chi connectivity index (χ0n) is 10.7. The Morgan fingerprint density at radius 2 is 2.31 bits per heavy atom. The normalized spacial score (nSPS) is 22.1. The quantitative estimate of drug-likeness (QED) is 0.778. The molecular weight excluding hydrogens is 198 g/mol. The van der Waals surface area contributed by atoms with Crippen LogP contribution >= 0.6 is 0 Å². The van der Waals surface area contributed by atoms with E-state index in [9.17, 15) is 0 Å². The molecule has 0 spiro atoms. The Morgan fingerprint density at radius 3 is 2.94 bits per heavy atom. The summed E-state index contributed by atoms with van der Waals surface area (Å²) in [5, 5.41) is 0. The maximum Gasteiger partial charge on any atom is 0.0945 e. The second-order valence-electron chi connectivity index (χ2n) is 5.52. The molecule has 0 aromatic carbocycles. The lowest BCUT2D eigenvalue weighted by molar-refractivity contribution is 0.299. The molecule has 1 aliphatic heterocycles. The van der Waals surface area contributed by atoms with E-state index in [1.54, 1.807) is 0 Å². The number of likely N-dealkylation sites (tertiary alicyclic amines) is 1. The monoisotopic (exact) mass is 221 g/mol. The first-order chi connectivity index (χ1) is 7.65. The van der Waals surface area contributed by atoms with E-state index in [2.05, 4.69) is 35.3 Å². The molecule has 1 aromatic heterocycles. The van der Waals surface area contributed by atoms with Crippen LogP contribution in [0.1, 0.15) is 32.4 Å². The number of imidazole rings is 1. The largest absolute Gasteiger partial charge is 0.337 e. The number of aryl methyl sites for hydroxylation is 1. The van der Waals surface area contributed by atoms with Gasteiger partial charge in [-0.05, 0) is 31.2 Å².